The molecule has 2 aromatic carbocycles. The first kappa shape index (κ1) is 17.2. The maximum Gasteiger partial charge on any atom is 0.274 e. The normalized spacial score (nSPS) is 10.4. The molecule has 126 valence electrons. The number of carbonyl (C=O) groups excluding carboxylic acids is 1. The Bertz CT molecular complexity index is 913. The van der Waals surface area contributed by atoms with Gasteiger partial charge >= 0.3 is 0 Å². The fraction of sp³-hybridized carbons (Fsp3) is 0.0556. The van der Waals surface area contributed by atoms with Gasteiger partial charge in [0.2, 0.25) is 5.95 Å². The number of aryl methyl sites for hydroxylation is 1. The SMILES string of the molecule is Cc1ccc(Nc2nccc(C(=O)Nc3ccc(Cl)c(Cl)c3)n2)cc1. The summed E-state index contributed by atoms with van der Waals surface area (Å²) in [5.74, 6) is -0.0293. The van der Waals surface area contributed by atoms with Gasteiger partial charge in [-0.3, -0.25) is 4.79 Å². The maximum absolute atomic E-state index is 12.4. The topological polar surface area (TPSA) is 66.9 Å². The van der Waals surface area contributed by atoms with E-state index in [0.29, 0.717) is 21.7 Å². The number of nitrogens with one attached hydrogen (secondary N) is 2. The van der Waals surface area contributed by atoms with Crippen LogP contribution in [-0.4, -0.2) is 15.9 Å². The van der Waals surface area contributed by atoms with Crippen LogP contribution in [0.4, 0.5) is 17.3 Å². The van der Waals surface area contributed by atoms with E-state index in [1.165, 1.54) is 12.3 Å². The van der Waals surface area contributed by atoms with Gasteiger partial charge in [-0.25, -0.2) is 9.97 Å². The summed E-state index contributed by atoms with van der Waals surface area (Å²) in [6, 6.07) is 14.2. The van der Waals surface area contributed by atoms with Crippen LogP contribution in [0.2, 0.25) is 10.0 Å². The number of anilines is 3. The summed E-state index contributed by atoms with van der Waals surface area (Å²) < 4.78 is 0. The van der Waals surface area contributed by atoms with Gasteiger partial charge < -0.3 is 10.6 Å². The van der Waals surface area contributed by atoms with E-state index in [-0.39, 0.29) is 11.6 Å². The van der Waals surface area contributed by atoms with Crippen LogP contribution in [-0.2, 0) is 0 Å². The number of carbonyl (C=O) groups is 1. The van der Waals surface area contributed by atoms with Crippen LogP contribution < -0.4 is 10.6 Å². The molecule has 0 bridgehead atoms. The highest BCUT2D eigenvalue weighted by atomic mass is 35.5. The van der Waals surface area contributed by atoms with E-state index in [1.54, 1.807) is 18.2 Å². The Hall–Kier alpha value is -2.63. The van der Waals surface area contributed by atoms with Crippen molar-refractivity contribution < 1.29 is 4.79 Å². The maximum atomic E-state index is 12.4. The van der Waals surface area contributed by atoms with Crippen molar-refractivity contribution in [1.29, 1.82) is 0 Å². The van der Waals surface area contributed by atoms with Crippen LogP contribution in [0.25, 0.3) is 0 Å². The molecule has 1 amide bonds. The van der Waals surface area contributed by atoms with Crippen molar-refractivity contribution in [2.24, 2.45) is 0 Å². The molecule has 3 rings (SSSR count). The van der Waals surface area contributed by atoms with Crippen molar-refractivity contribution in [2.75, 3.05) is 10.6 Å². The third kappa shape index (κ3) is 4.47. The summed E-state index contributed by atoms with van der Waals surface area (Å²) in [5.41, 5.74) is 2.76. The van der Waals surface area contributed by atoms with E-state index < -0.39 is 0 Å². The summed E-state index contributed by atoms with van der Waals surface area (Å²) in [4.78, 5) is 20.7. The fourth-order valence-electron chi connectivity index (χ4n) is 2.08. The van der Waals surface area contributed by atoms with Crippen LogP contribution in [0, 0.1) is 6.92 Å². The molecule has 0 aliphatic rings. The van der Waals surface area contributed by atoms with E-state index in [1.807, 2.05) is 31.2 Å². The van der Waals surface area contributed by atoms with Crippen LogP contribution in [0.15, 0.2) is 54.7 Å². The summed E-state index contributed by atoms with van der Waals surface area (Å²) >= 11 is 11.8. The van der Waals surface area contributed by atoms with E-state index >= 15 is 0 Å². The second-order valence-corrected chi connectivity index (χ2v) is 6.15. The molecule has 2 N–H and O–H groups in total. The van der Waals surface area contributed by atoms with Gasteiger partial charge in [0.15, 0.2) is 0 Å². The summed E-state index contributed by atoms with van der Waals surface area (Å²) in [7, 11) is 0. The lowest BCUT2D eigenvalue weighted by atomic mass is 10.2. The summed E-state index contributed by atoms with van der Waals surface area (Å²) in [6.07, 6.45) is 1.52. The monoisotopic (exact) mass is 372 g/mol. The number of amides is 1. The summed E-state index contributed by atoms with van der Waals surface area (Å²) in [5, 5.41) is 6.58. The Kier molecular flexibility index (Phi) is 5.16. The van der Waals surface area contributed by atoms with Crippen LogP contribution in [0.5, 0.6) is 0 Å². The minimum atomic E-state index is -0.368. The van der Waals surface area contributed by atoms with Crippen molar-refractivity contribution in [2.45, 2.75) is 6.92 Å². The first-order valence-corrected chi connectivity index (χ1v) is 8.20. The minimum absolute atomic E-state index is 0.232. The first-order chi connectivity index (χ1) is 12.0. The second kappa shape index (κ2) is 7.51. The molecule has 5 nitrogen and oxygen atoms in total. The second-order valence-electron chi connectivity index (χ2n) is 5.34. The zero-order chi connectivity index (χ0) is 17.8. The highest BCUT2D eigenvalue weighted by Crippen LogP contribution is 2.25. The minimum Gasteiger partial charge on any atom is -0.324 e. The first-order valence-electron chi connectivity index (χ1n) is 7.44. The van der Waals surface area contributed by atoms with Gasteiger partial charge in [0, 0.05) is 17.6 Å². The molecule has 0 saturated heterocycles. The predicted molar refractivity (Wildman–Crippen MR) is 101 cm³/mol. The molecule has 7 heteroatoms. The molecule has 1 aromatic heterocycles. The van der Waals surface area contributed by atoms with E-state index in [9.17, 15) is 4.79 Å². The Morgan fingerprint density at radius 3 is 2.40 bits per heavy atom. The average Bonchev–Trinajstić information content (AvgIpc) is 2.60. The molecular weight excluding hydrogens is 359 g/mol. The van der Waals surface area contributed by atoms with Gasteiger partial charge in [0.25, 0.3) is 5.91 Å². The third-order valence-electron chi connectivity index (χ3n) is 3.37. The Labute approximate surface area is 155 Å². The number of benzene rings is 2. The van der Waals surface area contributed by atoms with Gasteiger partial charge in [0.05, 0.1) is 10.0 Å². The molecule has 0 fully saturated rings. The highest BCUT2D eigenvalue weighted by Gasteiger charge is 2.10. The predicted octanol–water partition coefficient (Wildman–Crippen LogP) is 5.09. The number of hydrogen-bond acceptors (Lipinski definition) is 4. The number of hydrogen-bond donors (Lipinski definition) is 2. The van der Waals surface area contributed by atoms with Gasteiger partial charge in [0.1, 0.15) is 5.69 Å². The van der Waals surface area contributed by atoms with E-state index in [2.05, 4.69) is 20.6 Å². The van der Waals surface area contributed by atoms with Gasteiger partial charge in [-0.2, -0.15) is 0 Å². The van der Waals surface area contributed by atoms with Crippen LogP contribution in [0.1, 0.15) is 16.1 Å². The van der Waals surface area contributed by atoms with Gasteiger partial charge in [-0.15, -0.1) is 0 Å². The lowest BCUT2D eigenvalue weighted by molar-refractivity contribution is 0.102. The third-order valence-corrected chi connectivity index (χ3v) is 4.11. The number of rotatable bonds is 4. The number of nitrogens with zero attached hydrogens (tertiary/aromatic N) is 2. The van der Waals surface area contributed by atoms with Crippen LogP contribution >= 0.6 is 23.2 Å². The zero-order valence-corrected chi connectivity index (χ0v) is 14.8. The molecule has 0 aliphatic carbocycles. The molecule has 0 spiro atoms. The van der Waals surface area contributed by atoms with E-state index in [0.717, 1.165) is 11.3 Å². The van der Waals surface area contributed by atoms with Crippen LogP contribution in [0.3, 0.4) is 0 Å². The molecule has 1 heterocycles. The number of halogens is 2. The van der Waals surface area contributed by atoms with Crippen molar-refractivity contribution in [3.63, 3.8) is 0 Å². The lowest BCUT2D eigenvalue weighted by Gasteiger charge is -2.08. The molecule has 0 saturated carbocycles. The standard InChI is InChI=1S/C18H14Cl2N4O/c1-11-2-4-12(5-3-11)23-18-21-9-8-16(24-18)17(25)22-13-6-7-14(19)15(20)10-13/h2-10H,1H3,(H,22,25)(H,21,23,24). The molecule has 0 atom stereocenters. The lowest BCUT2D eigenvalue weighted by Crippen LogP contribution is -2.14. The Balaban J connectivity index is 1.74. The van der Waals surface area contributed by atoms with Crippen molar-refractivity contribution in [3.05, 3.63) is 76.0 Å². The van der Waals surface area contributed by atoms with Crippen molar-refractivity contribution in [1.82, 2.24) is 9.97 Å². The van der Waals surface area contributed by atoms with Crippen molar-refractivity contribution in [3.8, 4) is 0 Å². The van der Waals surface area contributed by atoms with E-state index in [4.69, 9.17) is 23.2 Å². The highest BCUT2D eigenvalue weighted by molar-refractivity contribution is 6.42. The number of aromatic nitrogens is 2. The Morgan fingerprint density at radius 2 is 1.68 bits per heavy atom. The van der Waals surface area contributed by atoms with Crippen molar-refractivity contribution >= 4 is 46.4 Å². The van der Waals surface area contributed by atoms with Gasteiger partial charge in [-0.05, 0) is 43.3 Å². The molecular formula is C18H14Cl2N4O. The smallest absolute Gasteiger partial charge is 0.274 e. The largest absolute Gasteiger partial charge is 0.324 e. The zero-order valence-electron chi connectivity index (χ0n) is 13.3. The summed E-state index contributed by atoms with van der Waals surface area (Å²) in [6.45, 7) is 2.01. The molecule has 0 unspecified atom stereocenters. The molecule has 0 aliphatic heterocycles. The molecule has 25 heavy (non-hydrogen) atoms. The molecule has 0 radical (unpaired) electrons. The Morgan fingerprint density at radius 1 is 0.960 bits per heavy atom. The molecule has 3 aromatic rings. The fourth-order valence-corrected chi connectivity index (χ4v) is 2.38. The average molecular weight is 373 g/mol. The van der Waals surface area contributed by atoms with Gasteiger partial charge in [-0.1, -0.05) is 40.9 Å². The quantitative estimate of drug-likeness (QED) is 0.669.